The first kappa shape index (κ1) is 9.45. The quantitative estimate of drug-likeness (QED) is 0.557. The molecule has 1 aromatic rings. The van der Waals surface area contributed by atoms with E-state index in [1.807, 2.05) is 0 Å². The van der Waals surface area contributed by atoms with Crippen molar-refractivity contribution < 1.29 is 9.78 Å². The van der Waals surface area contributed by atoms with Gasteiger partial charge in [-0.2, -0.15) is 0 Å². The molecule has 0 N–H and O–H groups in total. The summed E-state index contributed by atoms with van der Waals surface area (Å²) >= 11 is 0. The Morgan fingerprint density at radius 2 is 2.33 bits per heavy atom. The Kier molecular flexibility index (Phi) is 2.78. The summed E-state index contributed by atoms with van der Waals surface area (Å²) in [5.74, 6) is 0.688. The van der Waals surface area contributed by atoms with Crippen molar-refractivity contribution in [2.45, 2.75) is 6.42 Å². The van der Waals surface area contributed by atoms with Crippen LogP contribution in [0.3, 0.4) is 0 Å². The van der Waals surface area contributed by atoms with Gasteiger partial charge in [0.05, 0.1) is 11.9 Å². The molecule has 2 heterocycles. The third-order valence-corrected chi connectivity index (χ3v) is 1.91. The molecule has 0 atom stereocenters. The second-order valence-electron chi connectivity index (χ2n) is 2.90. The lowest BCUT2D eigenvalue weighted by Gasteiger charge is -2.13. The Labute approximate surface area is 87.5 Å². The monoisotopic (exact) mass is 202 g/mol. The first-order valence-corrected chi connectivity index (χ1v) is 4.52. The number of rotatable bonds is 3. The Balaban J connectivity index is 2.39. The van der Waals surface area contributed by atoms with Crippen LogP contribution in [-0.2, 0) is 9.78 Å². The van der Waals surface area contributed by atoms with Crippen molar-refractivity contribution in [1.29, 1.82) is 0 Å². The van der Waals surface area contributed by atoms with Gasteiger partial charge in [-0.25, -0.2) is 0 Å². The van der Waals surface area contributed by atoms with Crippen molar-refractivity contribution in [2.75, 3.05) is 0 Å². The summed E-state index contributed by atoms with van der Waals surface area (Å²) in [5.41, 5.74) is 1.63. The molecule has 0 unspecified atom stereocenters. The van der Waals surface area contributed by atoms with E-state index in [0.717, 1.165) is 11.3 Å². The summed E-state index contributed by atoms with van der Waals surface area (Å²) in [6, 6.07) is 0. The molecule has 0 saturated carbocycles. The van der Waals surface area contributed by atoms with Crippen LogP contribution in [0.1, 0.15) is 12.1 Å². The smallest absolute Gasteiger partial charge is 0.168 e. The molecule has 0 amide bonds. The second-order valence-corrected chi connectivity index (χ2v) is 2.90. The first-order chi connectivity index (χ1) is 7.42. The predicted molar refractivity (Wildman–Crippen MR) is 55.1 cm³/mol. The lowest BCUT2D eigenvalue weighted by atomic mass is 10.1. The number of nitrogens with zero attached hydrogens (tertiary/aromatic N) is 2. The molecule has 1 aliphatic rings. The van der Waals surface area contributed by atoms with E-state index >= 15 is 0 Å². The number of allylic oxidation sites excluding steroid dienone is 3. The molecular weight excluding hydrogens is 192 g/mol. The van der Waals surface area contributed by atoms with Crippen LogP contribution in [0.4, 0.5) is 0 Å². The van der Waals surface area contributed by atoms with Crippen LogP contribution >= 0.6 is 0 Å². The van der Waals surface area contributed by atoms with Gasteiger partial charge in [-0.3, -0.25) is 19.7 Å². The van der Waals surface area contributed by atoms with Crippen molar-refractivity contribution in [3.05, 3.63) is 55.0 Å². The highest BCUT2D eigenvalue weighted by molar-refractivity contribution is 5.73. The SMILES string of the molecule is C=CCC1=C(c2cnccn2)C=COO1. The molecule has 0 fully saturated rings. The zero-order valence-electron chi connectivity index (χ0n) is 8.09. The Hall–Kier alpha value is -2.10. The molecule has 76 valence electrons. The maximum absolute atomic E-state index is 5.04. The molecule has 1 aromatic heterocycles. The molecule has 0 aliphatic carbocycles. The van der Waals surface area contributed by atoms with Crippen molar-refractivity contribution in [1.82, 2.24) is 9.97 Å². The van der Waals surface area contributed by atoms with E-state index in [9.17, 15) is 0 Å². The van der Waals surface area contributed by atoms with Crippen LogP contribution in [-0.4, -0.2) is 9.97 Å². The molecule has 4 nitrogen and oxygen atoms in total. The Morgan fingerprint density at radius 3 is 3.07 bits per heavy atom. The second kappa shape index (κ2) is 4.41. The van der Waals surface area contributed by atoms with E-state index < -0.39 is 0 Å². The average Bonchev–Trinajstić information content (AvgIpc) is 2.31. The molecule has 0 bridgehead atoms. The predicted octanol–water partition coefficient (Wildman–Crippen LogP) is 2.24. The van der Waals surface area contributed by atoms with E-state index in [4.69, 9.17) is 9.78 Å². The molecule has 0 saturated heterocycles. The van der Waals surface area contributed by atoms with Crippen molar-refractivity contribution in [3.8, 4) is 0 Å². The minimum absolute atomic E-state index is 0.593. The van der Waals surface area contributed by atoms with Gasteiger partial charge >= 0.3 is 0 Å². The fraction of sp³-hybridized carbons (Fsp3) is 0.0909. The largest absolute Gasteiger partial charge is 0.298 e. The summed E-state index contributed by atoms with van der Waals surface area (Å²) in [6.45, 7) is 3.65. The van der Waals surface area contributed by atoms with E-state index in [2.05, 4.69) is 16.5 Å². The minimum atomic E-state index is 0.593. The van der Waals surface area contributed by atoms with Crippen LogP contribution in [0.2, 0.25) is 0 Å². The zero-order valence-corrected chi connectivity index (χ0v) is 8.09. The third kappa shape index (κ3) is 2.04. The van der Waals surface area contributed by atoms with Gasteiger partial charge < -0.3 is 0 Å². The summed E-state index contributed by atoms with van der Waals surface area (Å²) in [5, 5.41) is 0. The van der Waals surface area contributed by atoms with Crippen molar-refractivity contribution in [3.63, 3.8) is 0 Å². The van der Waals surface area contributed by atoms with Gasteiger partial charge in [-0.05, 0) is 6.08 Å². The highest BCUT2D eigenvalue weighted by atomic mass is 17.2. The minimum Gasteiger partial charge on any atom is -0.298 e. The zero-order chi connectivity index (χ0) is 10.5. The maximum Gasteiger partial charge on any atom is 0.168 e. The lowest BCUT2D eigenvalue weighted by Crippen LogP contribution is -2.01. The summed E-state index contributed by atoms with van der Waals surface area (Å²) in [7, 11) is 0. The van der Waals surface area contributed by atoms with Gasteiger partial charge in [0, 0.05) is 24.4 Å². The van der Waals surface area contributed by atoms with E-state index in [-0.39, 0.29) is 0 Å². The molecule has 4 heteroatoms. The summed E-state index contributed by atoms with van der Waals surface area (Å²) < 4.78 is 0. The molecule has 2 rings (SSSR count). The Morgan fingerprint density at radius 1 is 1.40 bits per heavy atom. The molecule has 0 radical (unpaired) electrons. The van der Waals surface area contributed by atoms with Crippen molar-refractivity contribution >= 4 is 5.57 Å². The van der Waals surface area contributed by atoms with E-state index in [1.165, 1.54) is 6.26 Å². The van der Waals surface area contributed by atoms with Gasteiger partial charge in [0.1, 0.15) is 6.26 Å². The molecule has 0 spiro atoms. The normalized spacial score (nSPS) is 14.4. The third-order valence-electron chi connectivity index (χ3n) is 1.91. The van der Waals surface area contributed by atoms with Gasteiger partial charge in [0.2, 0.25) is 0 Å². The summed E-state index contributed by atoms with van der Waals surface area (Å²) in [4.78, 5) is 18.0. The Bertz CT molecular complexity index is 410. The highest BCUT2D eigenvalue weighted by Gasteiger charge is 2.13. The fourth-order valence-corrected chi connectivity index (χ4v) is 1.26. The first-order valence-electron chi connectivity index (χ1n) is 4.52. The fourth-order valence-electron chi connectivity index (χ4n) is 1.26. The van der Waals surface area contributed by atoms with Crippen LogP contribution in [0.25, 0.3) is 5.57 Å². The molecule has 15 heavy (non-hydrogen) atoms. The molecular formula is C11H10N2O2. The van der Waals surface area contributed by atoms with Crippen LogP contribution in [0, 0.1) is 0 Å². The summed E-state index contributed by atoms with van der Waals surface area (Å²) in [6.07, 6.45) is 10.5. The maximum atomic E-state index is 5.04. The van der Waals surface area contributed by atoms with Crippen LogP contribution in [0.5, 0.6) is 0 Å². The number of hydrogen-bond acceptors (Lipinski definition) is 4. The van der Waals surface area contributed by atoms with Gasteiger partial charge in [0.15, 0.2) is 5.76 Å². The molecule has 1 aliphatic heterocycles. The topological polar surface area (TPSA) is 44.2 Å². The average molecular weight is 202 g/mol. The van der Waals surface area contributed by atoms with Gasteiger partial charge in [0.25, 0.3) is 0 Å². The van der Waals surface area contributed by atoms with Gasteiger partial charge in [-0.1, -0.05) is 6.08 Å². The number of aromatic nitrogens is 2. The highest BCUT2D eigenvalue weighted by Crippen LogP contribution is 2.24. The van der Waals surface area contributed by atoms with Gasteiger partial charge in [-0.15, -0.1) is 6.58 Å². The molecule has 0 aromatic carbocycles. The van der Waals surface area contributed by atoms with E-state index in [0.29, 0.717) is 12.2 Å². The number of hydrogen-bond donors (Lipinski definition) is 0. The van der Waals surface area contributed by atoms with Crippen LogP contribution < -0.4 is 0 Å². The standard InChI is InChI=1S/C11H10N2O2/c1-2-3-11-9(4-7-14-15-11)10-8-12-5-6-13-10/h2,4-8H,1,3H2. The lowest BCUT2D eigenvalue weighted by molar-refractivity contribution is -0.214. The van der Waals surface area contributed by atoms with Crippen LogP contribution in [0.15, 0.2) is 49.3 Å². The van der Waals surface area contributed by atoms with Crippen molar-refractivity contribution in [2.24, 2.45) is 0 Å². The van der Waals surface area contributed by atoms with E-state index in [1.54, 1.807) is 30.7 Å².